The molecule has 1 aliphatic carbocycles. The highest BCUT2D eigenvalue weighted by atomic mass is 16.2. The fourth-order valence-corrected chi connectivity index (χ4v) is 5.51. The summed E-state index contributed by atoms with van der Waals surface area (Å²) < 4.78 is 0. The average molecular weight is 404 g/mol. The summed E-state index contributed by atoms with van der Waals surface area (Å²) in [5.41, 5.74) is 3.04. The molecule has 3 amide bonds. The molecule has 2 heterocycles. The van der Waals surface area contributed by atoms with Crippen molar-refractivity contribution in [2.75, 3.05) is 13.1 Å². The lowest BCUT2D eigenvalue weighted by Crippen LogP contribution is -2.54. The van der Waals surface area contributed by atoms with Crippen molar-refractivity contribution in [2.24, 2.45) is 5.92 Å². The van der Waals surface area contributed by atoms with Gasteiger partial charge in [-0.25, -0.2) is 4.79 Å². The topological polar surface area (TPSA) is 52.7 Å². The van der Waals surface area contributed by atoms with Crippen molar-refractivity contribution in [3.63, 3.8) is 0 Å². The van der Waals surface area contributed by atoms with Crippen LogP contribution in [-0.4, -0.2) is 46.4 Å². The lowest BCUT2D eigenvalue weighted by Gasteiger charge is -2.39. The van der Waals surface area contributed by atoms with E-state index in [0.29, 0.717) is 0 Å². The van der Waals surface area contributed by atoms with Crippen LogP contribution in [0.15, 0.2) is 54.6 Å². The van der Waals surface area contributed by atoms with Crippen molar-refractivity contribution in [3.8, 4) is 0 Å². The van der Waals surface area contributed by atoms with E-state index in [-0.39, 0.29) is 23.9 Å². The number of nitrogens with one attached hydrogen (secondary N) is 1. The van der Waals surface area contributed by atoms with Crippen molar-refractivity contribution in [1.82, 2.24) is 15.1 Å². The molecular formula is C25H29N3O2. The largest absolute Gasteiger partial charge is 0.325 e. The minimum absolute atomic E-state index is 0.0354. The molecule has 2 fully saturated rings. The zero-order chi connectivity index (χ0) is 20.7. The highest BCUT2D eigenvalue weighted by Gasteiger charge is 2.54. The first-order valence-electron chi connectivity index (χ1n) is 11.0. The Morgan fingerprint density at radius 2 is 1.53 bits per heavy atom. The molecule has 2 aliphatic heterocycles. The average Bonchev–Trinajstić information content (AvgIpc) is 3.27. The van der Waals surface area contributed by atoms with E-state index in [2.05, 4.69) is 46.6 Å². The number of fused-ring (bicyclic) bond motifs is 1. The molecule has 3 aliphatic rings. The number of rotatable bonds is 4. The van der Waals surface area contributed by atoms with Crippen molar-refractivity contribution in [1.29, 1.82) is 0 Å². The predicted molar refractivity (Wildman–Crippen MR) is 116 cm³/mol. The second-order valence-corrected chi connectivity index (χ2v) is 9.17. The molecule has 1 atom stereocenters. The standard InChI is InChI=1S/C25H29N3O2/c1-25(21-11-13-27(14-12-21)17-18-7-3-2-4-8-18)23(29)28(24(30)26-25)22-15-19-9-5-6-10-20(19)16-22/h2-10,21-22H,11-17H2,1H3,(H,26,30)/t25-/m1/s1. The van der Waals surface area contributed by atoms with Crippen molar-refractivity contribution in [3.05, 3.63) is 71.3 Å². The van der Waals surface area contributed by atoms with Gasteiger partial charge >= 0.3 is 6.03 Å². The van der Waals surface area contributed by atoms with Gasteiger partial charge in [0.1, 0.15) is 5.54 Å². The van der Waals surface area contributed by atoms with Gasteiger partial charge in [-0.05, 0) is 68.3 Å². The fourth-order valence-electron chi connectivity index (χ4n) is 5.51. The second kappa shape index (κ2) is 7.55. The van der Waals surface area contributed by atoms with Gasteiger partial charge in [0.2, 0.25) is 0 Å². The molecule has 156 valence electrons. The first-order valence-corrected chi connectivity index (χ1v) is 11.0. The molecule has 0 unspecified atom stereocenters. The van der Waals surface area contributed by atoms with Crippen molar-refractivity contribution in [2.45, 2.75) is 50.7 Å². The summed E-state index contributed by atoms with van der Waals surface area (Å²) in [4.78, 5) is 30.3. The van der Waals surface area contributed by atoms with Crippen LogP contribution >= 0.6 is 0 Å². The van der Waals surface area contributed by atoms with Gasteiger partial charge < -0.3 is 5.32 Å². The Kier molecular flexibility index (Phi) is 4.86. The van der Waals surface area contributed by atoms with Crippen LogP contribution < -0.4 is 5.32 Å². The second-order valence-electron chi connectivity index (χ2n) is 9.17. The third kappa shape index (κ3) is 3.31. The molecule has 2 aromatic rings. The Bertz CT molecular complexity index is 927. The fraction of sp³-hybridized carbons (Fsp3) is 0.440. The van der Waals surface area contributed by atoms with Gasteiger partial charge in [-0.2, -0.15) is 0 Å². The van der Waals surface area contributed by atoms with Crippen LogP contribution in [-0.2, 0) is 24.2 Å². The van der Waals surface area contributed by atoms with E-state index in [9.17, 15) is 9.59 Å². The van der Waals surface area contributed by atoms with E-state index in [1.54, 1.807) is 0 Å². The van der Waals surface area contributed by atoms with Gasteiger partial charge in [0.25, 0.3) is 5.91 Å². The summed E-state index contributed by atoms with van der Waals surface area (Å²) in [5, 5.41) is 3.09. The molecule has 0 radical (unpaired) electrons. The molecule has 1 N–H and O–H groups in total. The van der Waals surface area contributed by atoms with Gasteiger partial charge in [0, 0.05) is 12.6 Å². The first-order chi connectivity index (χ1) is 14.5. The maximum absolute atomic E-state index is 13.5. The van der Waals surface area contributed by atoms with E-state index in [1.165, 1.54) is 21.6 Å². The molecule has 5 heteroatoms. The maximum Gasteiger partial charge on any atom is 0.325 e. The number of nitrogens with zero attached hydrogens (tertiary/aromatic N) is 2. The SMILES string of the molecule is C[C@]1(C2CCN(Cc3ccccc3)CC2)NC(=O)N(C2Cc3ccccc3C2)C1=O. The third-order valence-corrected chi connectivity index (χ3v) is 7.30. The Morgan fingerprint density at radius 1 is 0.933 bits per heavy atom. The van der Waals surface area contributed by atoms with Crippen LogP contribution in [0.5, 0.6) is 0 Å². The number of piperidine rings is 1. The highest BCUT2D eigenvalue weighted by Crippen LogP contribution is 2.36. The third-order valence-electron chi connectivity index (χ3n) is 7.30. The number of urea groups is 1. The molecule has 0 spiro atoms. The predicted octanol–water partition coefficient (Wildman–Crippen LogP) is 3.38. The number of hydrogen-bond donors (Lipinski definition) is 1. The van der Waals surface area contributed by atoms with E-state index >= 15 is 0 Å². The van der Waals surface area contributed by atoms with E-state index < -0.39 is 5.54 Å². The number of carbonyl (C=O) groups excluding carboxylic acids is 2. The lowest BCUT2D eigenvalue weighted by atomic mass is 9.78. The van der Waals surface area contributed by atoms with Gasteiger partial charge in [0.15, 0.2) is 0 Å². The van der Waals surface area contributed by atoms with Crippen LogP contribution in [0.2, 0.25) is 0 Å². The van der Waals surface area contributed by atoms with E-state index in [4.69, 9.17) is 0 Å². The molecule has 0 bridgehead atoms. The minimum Gasteiger partial charge on any atom is -0.323 e. The summed E-state index contributed by atoms with van der Waals surface area (Å²) >= 11 is 0. The smallest absolute Gasteiger partial charge is 0.323 e. The number of hydrogen-bond acceptors (Lipinski definition) is 3. The quantitative estimate of drug-likeness (QED) is 0.797. The van der Waals surface area contributed by atoms with E-state index in [0.717, 1.165) is 45.3 Å². The normalized spacial score (nSPS) is 25.6. The Balaban J connectivity index is 1.25. The highest BCUT2D eigenvalue weighted by molar-refractivity contribution is 6.07. The lowest BCUT2D eigenvalue weighted by molar-refractivity contribution is -0.134. The Hall–Kier alpha value is -2.66. The first kappa shape index (κ1) is 19.3. The summed E-state index contributed by atoms with van der Waals surface area (Å²) in [7, 11) is 0. The summed E-state index contributed by atoms with van der Waals surface area (Å²) in [6, 6.07) is 18.5. The van der Waals surface area contributed by atoms with E-state index in [1.807, 2.05) is 25.1 Å². The number of imide groups is 1. The summed E-state index contributed by atoms with van der Waals surface area (Å²) in [6.45, 7) is 4.78. The van der Waals surface area contributed by atoms with Crippen LogP contribution in [0.25, 0.3) is 0 Å². The van der Waals surface area contributed by atoms with Gasteiger partial charge in [-0.1, -0.05) is 54.6 Å². The number of carbonyl (C=O) groups is 2. The Labute approximate surface area is 178 Å². The Morgan fingerprint density at radius 3 is 2.17 bits per heavy atom. The van der Waals surface area contributed by atoms with Crippen LogP contribution in [0.3, 0.4) is 0 Å². The van der Waals surface area contributed by atoms with Crippen LogP contribution in [0.4, 0.5) is 4.79 Å². The molecule has 2 aromatic carbocycles. The minimum atomic E-state index is -0.787. The number of likely N-dealkylation sites (tertiary alicyclic amines) is 1. The van der Waals surface area contributed by atoms with Crippen molar-refractivity contribution < 1.29 is 9.59 Å². The molecule has 2 saturated heterocycles. The van der Waals surface area contributed by atoms with Gasteiger partial charge in [-0.15, -0.1) is 0 Å². The molecule has 0 saturated carbocycles. The van der Waals surface area contributed by atoms with Crippen LogP contribution in [0.1, 0.15) is 36.5 Å². The zero-order valence-corrected chi connectivity index (χ0v) is 17.5. The monoisotopic (exact) mass is 403 g/mol. The molecule has 0 aromatic heterocycles. The van der Waals surface area contributed by atoms with Crippen LogP contribution in [0, 0.1) is 5.92 Å². The molecule has 30 heavy (non-hydrogen) atoms. The molecular weight excluding hydrogens is 374 g/mol. The summed E-state index contributed by atoms with van der Waals surface area (Å²) in [5.74, 6) is 0.140. The maximum atomic E-state index is 13.5. The number of amides is 3. The molecule has 5 nitrogen and oxygen atoms in total. The molecule has 5 rings (SSSR count). The zero-order valence-electron chi connectivity index (χ0n) is 17.5. The van der Waals surface area contributed by atoms with Gasteiger partial charge in [0.05, 0.1) is 0 Å². The van der Waals surface area contributed by atoms with Gasteiger partial charge in [-0.3, -0.25) is 14.6 Å². The number of benzene rings is 2. The summed E-state index contributed by atoms with van der Waals surface area (Å²) in [6.07, 6.45) is 3.38. The van der Waals surface area contributed by atoms with Crippen molar-refractivity contribution >= 4 is 11.9 Å².